The number of carboxylic acid groups (broad SMARTS) is 1. The van der Waals surface area contributed by atoms with Crippen LogP contribution in [0.1, 0.15) is 32.1 Å². The number of carbonyl (C=O) groups excluding carboxylic acids is 2. The second-order valence-electron chi connectivity index (χ2n) is 11.4. The number of ether oxygens (including phenoxy) is 2. The van der Waals surface area contributed by atoms with Gasteiger partial charge >= 0.3 is 12.0 Å². The number of allylic oxidation sites excluding steroid dienone is 1. The van der Waals surface area contributed by atoms with Crippen LogP contribution >= 0.6 is 0 Å². The topological polar surface area (TPSA) is 147 Å². The van der Waals surface area contributed by atoms with Gasteiger partial charge in [-0.25, -0.2) is 20.4 Å². The number of rotatable bonds is 5. The lowest BCUT2D eigenvalue weighted by atomic mass is 10.1. The van der Waals surface area contributed by atoms with Gasteiger partial charge in [0.25, 0.3) is 0 Å². The van der Waals surface area contributed by atoms with E-state index in [0.29, 0.717) is 42.1 Å². The summed E-state index contributed by atoms with van der Waals surface area (Å²) in [6.07, 6.45) is 5.95. The number of hydrogen-bond donors (Lipinski definition) is 3. The molecule has 4 atom stereocenters. The number of carboxylic acids is 1. The number of fused-ring (bicyclic) bond motifs is 3. The number of aliphatic carboxylic acids is 1. The van der Waals surface area contributed by atoms with Gasteiger partial charge in [0.2, 0.25) is 5.91 Å². The molecule has 3 heterocycles. The number of nitrogens with two attached hydrogens (primary N) is 1. The molecule has 2 aromatic carbocycles. The Morgan fingerprint density at radius 3 is 2.72 bits per heavy atom. The van der Waals surface area contributed by atoms with E-state index in [1.54, 1.807) is 7.11 Å². The number of carbonyl (C=O) groups is 3. The number of urea groups is 1. The molecule has 6 rings (SSSR count). The maximum absolute atomic E-state index is 13.7. The Bertz CT molecular complexity index is 1580. The third kappa shape index (κ3) is 5.60. The monoisotopic (exact) mass is 585 g/mol. The van der Waals surface area contributed by atoms with Crippen LogP contribution in [0.15, 0.2) is 66.7 Å². The quantitative estimate of drug-likeness (QED) is 0.233. The number of nitrogens with one attached hydrogen (secondary N) is 1. The fourth-order valence-electron chi connectivity index (χ4n) is 6.01. The van der Waals surface area contributed by atoms with Gasteiger partial charge in [0.05, 0.1) is 24.9 Å². The number of hydrogen-bond acceptors (Lipinski definition) is 7. The number of methoxy groups -OCH3 is 1. The van der Waals surface area contributed by atoms with Gasteiger partial charge in [0.15, 0.2) is 0 Å². The molecule has 0 radical (unpaired) electrons. The summed E-state index contributed by atoms with van der Waals surface area (Å²) in [4.78, 5) is 45.6. The molecule has 3 aliphatic rings. The Kier molecular flexibility index (Phi) is 7.66. The highest BCUT2D eigenvalue weighted by atomic mass is 16.5. The Hall–Kier alpha value is -4.64. The molecule has 1 saturated carbocycles. The molecule has 2 fully saturated rings. The summed E-state index contributed by atoms with van der Waals surface area (Å²) in [5.74, 6) is 5.45. The maximum atomic E-state index is 13.7. The van der Waals surface area contributed by atoms with Crippen molar-refractivity contribution in [3.63, 3.8) is 0 Å². The van der Waals surface area contributed by atoms with Crippen LogP contribution in [0, 0.1) is 5.92 Å². The van der Waals surface area contributed by atoms with E-state index >= 15 is 0 Å². The SMILES string of the molecule is COc1ccc2c(O[C@@H]3C[C@H]4C(=O)N[C@]5(C(=O)O)CC5/C=C\CCCCN(N)C(=O)N4C3)cc(-c3ccccc3)nc2c1. The molecule has 1 aromatic heterocycles. The molecule has 43 heavy (non-hydrogen) atoms. The van der Waals surface area contributed by atoms with Gasteiger partial charge in [-0.05, 0) is 37.8 Å². The summed E-state index contributed by atoms with van der Waals surface area (Å²) >= 11 is 0. The zero-order valence-electron chi connectivity index (χ0n) is 23.9. The Morgan fingerprint density at radius 2 is 1.95 bits per heavy atom. The van der Waals surface area contributed by atoms with Crippen LogP contribution in [0.3, 0.4) is 0 Å². The lowest BCUT2D eigenvalue weighted by Gasteiger charge is -2.29. The number of amides is 3. The molecule has 1 unspecified atom stereocenters. The standard InChI is InChI=1S/C32H35N5O6/c1-42-22-12-13-24-26(15-22)34-25(20-9-5-4-6-10-20)17-28(24)43-23-16-27-29(38)35-32(30(39)40)18-21(32)11-7-2-3-8-14-37(33)31(41)36(27)19-23/h4-7,9-13,15,17,21,23,27H,2-3,8,14,16,18-19,33H2,1H3,(H,35,38)(H,39,40)/b11-7-/t21?,23-,27+,32-/m1/s1. The fraction of sp³-hybridized carbons (Fsp3) is 0.375. The summed E-state index contributed by atoms with van der Waals surface area (Å²) < 4.78 is 12.0. The molecule has 4 N–H and O–H groups in total. The maximum Gasteiger partial charge on any atom is 0.334 e. The van der Waals surface area contributed by atoms with E-state index in [9.17, 15) is 19.5 Å². The van der Waals surface area contributed by atoms with E-state index < -0.39 is 35.6 Å². The van der Waals surface area contributed by atoms with Crippen molar-refractivity contribution < 1.29 is 29.0 Å². The zero-order valence-corrected chi connectivity index (χ0v) is 23.9. The van der Waals surface area contributed by atoms with Crippen LogP contribution in [0.2, 0.25) is 0 Å². The summed E-state index contributed by atoms with van der Waals surface area (Å²) in [6.45, 7) is 0.442. The van der Waals surface area contributed by atoms with Crippen molar-refractivity contribution in [2.45, 2.75) is 49.8 Å². The first-order valence-corrected chi connectivity index (χ1v) is 14.5. The van der Waals surface area contributed by atoms with Crippen molar-refractivity contribution >= 4 is 28.8 Å². The van der Waals surface area contributed by atoms with Crippen molar-refractivity contribution in [3.8, 4) is 22.8 Å². The molecule has 224 valence electrons. The average Bonchev–Trinajstić information content (AvgIpc) is 3.55. The number of pyridine rings is 1. The molecule has 2 aliphatic heterocycles. The highest BCUT2D eigenvalue weighted by Crippen LogP contribution is 2.45. The summed E-state index contributed by atoms with van der Waals surface area (Å²) in [6, 6.07) is 15.6. The van der Waals surface area contributed by atoms with E-state index in [0.717, 1.165) is 28.8 Å². The minimum atomic E-state index is -1.38. The minimum absolute atomic E-state index is 0.106. The number of hydrazine groups is 1. The van der Waals surface area contributed by atoms with Crippen molar-refractivity contribution in [3.05, 3.63) is 66.7 Å². The lowest BCUT2D eigenvalue weighted by Crippen LogP contribution is -2.56. The molecule has 0 spiro atoms. The highest BCUT2D eigenvalue weighted by Gasteiger charge is 2.61. The molecular formula is C32H35N5O6. The van der Waals surface area contributed by atoms with Gasteiger partial charge in [0.1, 0.15) is 29.2 Å². The summed E-state index contributed by atoms with van der Waals surface area (Å²) in [5, 5.41) is 14.7. The molecule has 3 aromatic rings. The lowest BCUT2D eigenvalue weighted by molar-refractivity contribution is -0.144. The van der Waals surface area contributed by atoms with Crippen LogP contribution in [0.25, 0.3) is 22.2 Å². The van der Waals surface area contributed by atoms with E-state index in [1.165, 1.54) is 4.90 Å². The highest BCUT2D eigenvalue weighted by molar-refractivity contribution is 5.95. The molecule has 11 heteroatoms. The number of benzene rings is 2. The van der Waals surface area contributed by atoms with Crippen molar-refractivity contribution in [1.29, 1.82) is 0 Å². The summed E-state index contributed by atoms with van der Waals surface area (Å²) in [5.41, 5.74) is 0.900. The van der Waals surface area contributed by atoms with Crippen LogP contribution in [0.4, 0.5) is 4.79 Å². The second kappa shape index (κ2) is 11.6. The van der Waals surface area contributed by atoms with Crippen LogP contribution in [-0.4, -0.2) is 75.8 Å². The molecular weight excluding hydrogens is 550 g/mol. The molecule has 3 amide bonds. The first-order chi connectivity index (χ1) is 20.8. The predicted octanol–water partition coefficient (Wildman–Crippen LogP) is 3.73. The Morgan fingerprint density at radius 1 is 1.14 bits per heavy atom. The third-order valence-electron chi connectivity index (χ3n) is 8.53. The Balaban J connectivity index is 1.32. The van der Waals surface area contributed by atoms with E-state index in [2.05, 4.69) is 5.32 Å². The average molecular weight is 586 g/mol. The van der Waals surface area contributed by atoms with E-state index in [-0.39, 0.29) is 18.9 Å². The second-order valence-corrected chi connectivity index (χ2v) is 11.4. The molecule has 0 bridgehead atoms. The smallest absolute Gasteiger partial charge is 0.334 e. The zero-order chi connectivity index (χ0) is 30.1. The molecule has 11 nitrogen and oxygen atoms in total. The van der Waals surface area contributed by atoms with Crippen LogP contribution < -0.4 is 20.6 Å². The van der Waals surface area contributed by atoms with Gasteiger partial charge in [-0.2, -0.15) is 0 Å². The molecule has 1 aliphatic carbocycles. The van der Waals surface area contributed by atoms with E-state index in [1.807, 2.05) is 66.7 Å². The largest absolute Gasteiger partial charge is 0.497 e. The molecule has 1 saturated heterocycles. The fourth-order valence-corrected chi connectivity index (χ4v) is 6.01. The van der Waals surface area contributed by atoms with Crippen molar-refractivity contribution in [2.75, 3.05) is 20.2 Å². The van der Waals surface area contributed by atoms with Gasteiger partial charge < -0.3 is 24.8 Å². The normalized spacial score (nSPS) is 26.6. The number of nitrogens with zero attached hydrogens (tertiary/aromatic N) is 3. The van der Waals surface area contributed by atoms with Crippen LogP contribution in [0.5, 0.6) is 11.5 Å². The first-order valence-electron chi connectivity index (χ1n) is 14.5. The third-order valence-corrected chi connectivity index (χ3v) is 8.53. The predicted molar refractivity (Wildman–Crippen MR) is 159 cm³/mol. The first kappa shape index (κ1) is 28.5. The summed E-state index contributed by atoms with van der Waals surface area (Å²) in [7, 11) is 1.59. The number of aromatic nitrogens is 1. The van der Waals surface area contributed by atoms with Crippen molar-refractivity contribution in [1.82, 2.24) is 20.2 Å². The van der Waals surface area contributed by atoms with E-state index in [4.69, 9.17) is 20.3 Å². The van der Waals surface area contributed by atoms with Gasteiger partial charge in [-0.3, -0.25) is 9.80 Å². The van der Waals surface area contributed by atoms with Gasteiger partial charge in [-0.1, -0.05) is 42.5 Å². The van der Waals surface area contributed by atoms with Crippen molar-refractivity contribution in [2.24, 2.45) is 11.8 Å². The van der Waals surface area contributed by atoms with Crippen LogP contribution in [-0.2, 0) is 9.59 Å². The van der Waals surface area contributed by atoms with Gasteiger partial charge in [-0.15, -0.1) is 0 Å². The minimum Gasteiger partial charge on any atom is -0.497 e. The Labute approximate surface area is 249 Å². The van der Waals surface area contributed by atoms with Gasteiger partial charge in [0, 0.05) is 42.0 Å².